The quantitative estimate of drug-likeness (QED) is 0.741. The molecule has 0 aromatic carbocycles. The first-order chi connectivity index (χ1) is 7.55. The fourth-order valence-corrected chi connectivity index (χ4v) is 4.08. The summed E-state index contributed by atoms with van der Waals surface area (Å²) < 4.78 is 22.8. The van der Waals surface area contributed by atoms with Crippen molar-refractivity contribution in [2.24, 2.45) is 5.92 Å². The maximum atomic E-state index is 11.4. The lowest BCUT2D eigenvalue weighted by atomic mass is 9.82. The average molecular weight is 246 g/mol. The molecule has 0 aromatic rings. The molecule has 1 atom stereocenters. The van der Waals surface area contributed by atoms with E-state index in [0.717, 1.165) is 18.9 Å². The van der Waals surface area contributed by atoms with E-state index in [1.807, 2.05) is 0 Å². The molecular formula is C11H22N2O2S. The lowest BCUT2D eigenvalue weighted by Gasteiger charge is -2.34. The number of nitrogens with one attached hydrogen (secondary N) is 2. The van der Waals surface area contributed by atoms with Crippen LogP contribution >= 0.6 is 0 Å². The summed E-state index contributed by atoms with van der Waals surface area (Å²) in [6.45, 7) is 3.82. The van der Waals surface area contributed by atoms with Gasteiger partial charge < -0.3 is 10.6 Å². The molecular weight excluding hydrogens is 224 g/mol. The highest BCUT2D eigenvalue weighted by Crippen LogP contribution is 2.26. The van der Waals surface area contributed by atoms with Crippen molar-refractivity contribution in [3.8, 4) is 0 Å². The van der Waals surface area contributed by atoms with Gasteiger partial charge in [-0.1, -0.05) is 6.92 Å². The third kappa shape index (κ3) is 3.43. The van der Waals surface area contributed by atoms with Gasteiger partial charge in [-0.2, -0.15) is 0 Å². The number of hydrogen-bond acceptors (Lipinski definition) is 4. The van der Waals surface area contributed by atoms with Gasteiger partial charge in [0.25, 0.3) is 0 Å². The van der Waals surface area contributed by atoms with Crippen LogP contribution in [0.25, 0.3) is 0 Å². The zero-order valence-corrected chi connectivity index (χ0v) is 10.7. The highest BCUT2D eigenvalue weighted by Gasteiger charge is 2.26. The second-order valence-corrected chi connectivity index (χ2v) is 7.51. The summed E-state index contributed by atoms with van der Waals surface area (Å²) in [6.07, 6.45) is 3.47. The summed E-state index contributed by atoms with van der Waals surface area (Å²) in [5.41, 5.74) is 0. The van der Waals surface area contributed by atoms with Gasteiger partial charge in [0.15, 0.2) is 9.84 Å². The smallest absolute Gasteiger partial charge is 0.153 e. The molecule has 1 aliphatic heterocycles. The van der Waals surface area contributed by atoms with Crippen LogP contribution in [-0.2, 0) is 9.84 Å². The zero-order valence-electron chi connectivity index (χ0n) is 9.91. The summed E-state index contributed by atoms with van der Waals surface area (Å²) in [5, 5.41) is 6.76. The van der Waals surface area contributed by atoms with E-state index in [1.165, 1.54) is 12.8 Å². The van der Waals surface area contributed by atoms with Crippen LogP contribution < -0.4 is 10.6 Å². The maximum Gasteiger partial charge on any atom is 0.153 e. The molecule has 1 heterocycles. The van der Waals surface area contributed by atoms with Crippen LogP contribution in [0.4, 0.5) is 0 Å². The molecule has 16 heavy (non-hydrogen) atoms. The third-order valence-corrected chi connectivity index (χ3v) is 5.34. The van der Waals surface area contributed by atoms with Crippen LogP contribution in [0.2, 0.25) is 0 Å². The molecule has 1 saturated heterocycles. The van der Waals surface area contributed by atoms with Crippen molar-refractivity contribution < 1.29 is 8.42 Å². The Hall–Kier alpha value is -0.130. The highest BCUT2D eigenvalue weighted by atomic mass is 32.2. The molecule has 0 amide bonds. The van der Waals surface area contributed by atoms with E-state index in [2.05, 4.69) is 17.6 Å². The molecule has 0 bridgehead atoms. The van der Waals surface area contributed by atoms with Crippen molar-refractivity contribution in [1.82, 2.24) is 10.6 Å². The summed E-state index contributed by atoms with van der Waals surface area (Å²) in [4.78, 5) is 0. The molecule has 2 N–H and O–H groups in total. The van der Waals surface area contributed by atoms with Crippen molar-refractivity contribution in [2.45, 2.75) is 38.3 Å². The minimum Gasteiger partial charge on any atom is -0.314 e. The summed E-state index contributed by atoms with van der Waals surface area (Å²) in [5.74, 6) is 1.48. The van der Waals surface area contributed by atoms with Crippen LogP contribution in [0.1, 0.15) is 26.2 Å². The molecule has 1 saturated carbocycles. The van der Waals surface area contributed by atoms with Gasteiger partial charge in [-0.3, -0.25) is 0 Å². The maximum absolute atomic E-state index is 11.4. The first-order valence-corrected chi connectivity index (χ1v) is 8.04. The predicted molar refractivity (Wildman–Crippen MR) is 65.3 cm³/mol. The Kier molecular flexibility index (Phi) is 3.87. The van der Waals surface area contributed by atoms with Gasteiger partial charge in [-0.25, -0.2) is 8.42 Å². The molecule has 0 spiro atoms. The molecule has 1 aliphatic carbocycles. The Bertz CT molecular complexity index is 323. The van der Waals surface area contributed by atoms with E-state index >= 15 is 0 Å². The number of sulfone groups is 1. The molecule has 2 rings (SSSR count). The molecule has 0 aromatic heterocycles. The van der Waals surface area contributed by atoms with E-state index in [0.29, 0.717) is 24.1 Å². The first-order valence-electron chi connectivity index (χ1n) is 6.22. The van der Waals surface area contributed by atoms with E-state index in [1.54, 1.807) is 0 Å². The third-order valence-electron chi connectivity index (χ3n) is 3.60. The zero-order chi connectivity index (χ0) is 11.6. The largest absolute Gasteiger partial charge is 0.314 e. The van der Waals surface area contributed by atoms with Gasteiger partial charge in [-0.05, 0) is 31.7 Å². The predicted octanol–water partition coefficient (Wildman–Crippen LogP) is 0.151. The van der Waals surface area contributed by atoms with Crippen LogP contribution in [0.15, 0.2) is 0 Å². The average Bonchev–Trinajstić information content (AvgIpc) is 2.13. The second kappa shape index (κ2) is 5.02. The first kappa shape index (κ1) is 12.3. The monoisotopic (exact) mass is 246 g/mol. The van der Waals surface area contributed by atoms with Crippen molar-refractivity contribution in [3.05, 3.63) is 0 Å². The van der Waals surface area contributed by atoms with E-state index in [4.69, 9.17) is 0 Å². The number of rotatable bonds is 4. The van der Waals surface area contributed by atoms with Gasteiger partial charge in [0.2, 0.25) is 0 Å². The van der Waals surface area contributed by atoms with Crippen molar-refractivity contribution >= 4 is 9.84 Å². The topological polar surface area (TPSA) is 58.2 Å². The Morgan fingerprint density at radius 3 is 2.75 bits per heavy atom. The minimum absolute atomic E-state index is 0.156. The fourth-order valence-electron chi connectivity index (χ4n) is 2.58. The van der Waals surface area contributed by atoms with Crippen molar-refractivity contribution in [2.75, 3.05) is 24.6 Å². The van der Waals surface area contributed by atoms with Crippen LogP contribution in [-0.4, -0.2) is 45.1 Å². The lowest BCUT2D eigenvalue weighted by molar-refractivity contribution is 0.239. The second-order valence-electron chi connectivity index (χ2n) is 5.28. The molecule has 0 radical (unpaired) electrons. The molecule has 2 fully saturated rings. The summed E-state index contributed by atoms with van der Waals surface area (Å²) in [6, 6.07) is 0.832. The Morgan fingerprint density at radius 1 is 1.38 bits per heavy atom. The van der Waals surface area contributed by atoms with Gasteiger partial charge in [0.05, 0.1) is 11.5 Å². The van der Waals surface area contributed by atoms with Crippen molar-refractivity contribution in [3.63, 3.8) is 0 Å². The van der Waals surface area contributed by atoms with Crippen molar-refractivity contribution in [1.29, 1.82) is 0 Å². The van der Waals surface area contributed by atoms with E-state index in [-0.39, 0.29) is 6.04 Å². The van der Waals surface area contributed by atoms with Crippen LogP contribution in [0.3, 0.4) is 0 Å². The van der Waals surface area contributed by atoms with Gasteiger partial charge in [-0.15, -0.1) is 0 Å². The Labute approximate surface area is 98.1 Å². The minimum atomic E-state index is -2.77. The Morgan fingerprint density at radius 2 is 2.12 bits per heavy atom. The van der Waals surface area contributed by atoms with Gasteiger partial charge >= 0.3 is 0 Å². The highest BCUT2D eigenvalue weighted by molar-refractivity contribution is 7.91. The van der Waals surface area contributed by atoms with Gasteiger partial charge in [0, 0.05) is 18.6 Å². The van der Waals surface area contributed by atoms with Gasteiger partial charge in [0.1, 0.15) is 0 Å². The summed E-state index contributed by atoms with van der Waals surface area (Å²) in [7, 11) is -2.77. The molecule has 94 valence electrons. The molecule has 1 unspecified atom stereocenters. The van der Waals surface area contributed by atoms with Crippen LogP contribution in [0, 0.1) is 5.92 Å². The SMILES string of the molecule is CC1CC(NCCC2CS(=O)(=O)CCN2)C1. The Balaban J connectivity index is 1.62. The van der Waals surface area contributed by atoms with Crippen LogP contribution in [0.5, 0.6) is 0 Å². The van der Waals surface area contributed by atoms with E-state index < -0.39 is 9.84 Å². The molecule has 2 aliphatic rings. The normalized spacial score (nSPS) is 37.9. The molecule has 5 heteroatoms. The molecule has 4 nitrogen and oxygen atoms in total. The fraction of sp³-hybridized carbons (Fsp3) is 1.00. The lowest BCUT2D eigenvalue weighted by Crippen LogP contribution is -2.47. The number of hydrogen-bond donors (Lipinski definition) is 2. The summed E-state index contributed by atoms with van der Waals surface area (Å²) >= 11 is 0. The van der Waals surface area contributed by atoms with E-state index in [9.17, 15) is 8.42 Å². The standard InChI is InChI=1S/C11H22N2O2S/c1-9-6-11(7-9)12-3-2-10-8-16(14,15)5-4-13-10/h9-13H,2-8H2,1H3.